The molecule has 1 N–H and O–H groups in total. The molecular weight excluding hydrogens is 432 g/mol. The summed E-state index contributed by atoms with van der Waals surface area (Å²) < 4.78 is 5.26. The van der Waals surface area contributed by atoms with E-state index in [9.17, 15) is 9.90 Å². The molecule has 1 aliphatic rings. The van der Waals surface area contributed by atoms with Crippen molar-refractivity contribution in [3.63, 3.8) is 0 Å². The van der Waals surface area contributed by atoms with Gasteiger partial charge in [-0.05, 0) is 49.3 Å². The van der Waals surface area contributed by atoms with Crippen LogP contribution in [0, 0.1) is 0 Å². The van der Waals surface area contributed by atoms with Crippen LogP contribution in [0.5, 0.6) is 5.75 Å². The van der Waals surface area contributed by atoms with Gasteiger partial charge in [0.25, 0.3) is 5.91 Å². The van der Waals surface area contributed by atoms with Crippen molar-refractivity contribution < 1.29 is 14.6 Å². The minimum Gasteiger partial charge on any atom is -0.497 e. The number of anilines is 1. The van der Waals surface area contributed by atoms with Crippen LogP contribution in [0.25, 0.3) is 10.8 Å². The first kappa shape index (κ1) is 23.4. The molecule has 31 heavy (non-hydrogen) atoms. The number of benzene rings is 3. The lowest BCUT2D eigenvalue weighted by molar-refractivity contribution is -0.126. The smallest absolute Gasteiger partial charge is 0.257 e. The number of aliphatic hydroxyl groups excluding tert-OH is 1. The summed E-state index contributed by atoms with van der Waals surface area (Å²) in [6.45, 7) is 1.22. The third-order valence-corrected chi connectivity index (χ3v) is 6.79. The van der Waals surface area contributed by atoms with Gasteiger partial charge in [-0.1, -0.05) is 36.4 Å². The van der Waals surface area contributed by atoms with E-state index in [1.54, 1.807) is 12.0 Å². The normalized spacial score (nSPS) is 18.5. The first-order valence-corrected chi connectivity index (χ1v) is 10.8. The van der Waals surface area contributed by atoms with Crippen LogP contribution in [-0.4, -0.2) is 56.3 Å². The quantitative estimate of drug-likeness (QED) is 0.615. The number of methoxy groups -OCH3 is 1. The van der Waals surface area contributed by atoms with Gasteiger partial charge in [0.1, 0.15) is 11.9 Å². The summed E-state index contributed by atoms with van der Waals surface area (Å²) in [5, 5.41) is 12.9. The molecule has 7 heteroatoms. The molecule has 1 amide bonds. The van der Waals surface area contributed by atoms with Gasteiger partial charge < -0.3 is 19.6 Å². The summed E-state index contributed by atoms with van der Waals surface area (Å²) in [5.41, 5.74) is 1.75. The van der Waals surface area contributed by atoms with Gasteiger partial charge in [0.2, 0.25) is 0 Å². The Morgan fingerprint density at radius 1 is 1.06 bits per heavy atom. The van der Waals surface area contributed by atoms with Crippen molar-refractivity contribution in [1.82, 2.24) is 4.90 Å². The van der Waals surface area contributed by atoms with E-state index >= 15 is 0 Å². The third kappa shape index (κ3) is 4.67. The fourth-order valence-corrected chi connectivity index (χ4v) is 5.10. The molecule has 0 saturated carbocycles. The van der Waals surface area contributed by atoms with Crippen molar-refractivity contribution in [3.05, 3.63) is 66.2 Å². The van der Waals surface area contributed by atoms with Gasteiger partial charge in [-0.25, -0.2) is 0 Å². The first-order chi connectivity index (χ1) is 14.5. The van der Waals surface area contributed by atoms with Crippen LogP contribution in [-0.2, 0) is 4.79 Å². The van der Waals surface area contributed by atoms with Crippen LogP contribution in [0.15, 0.2) is 65.6 Å². The van der Waals surface area contributed by atoms with Crippen molar-refractivity contribution in [2.75, 3.05) is 39.2 Å². The summed E-state index contributed by atoms with van der Waals surface area (Å²) in [6.07, 6.45) is -1.16. The lowest BCUT2D eigenvalue weighted by Gasteiger charge is -2.33. The largest absolute Gasteiger partial charge is 0.497 e. The number of likely N-dealkylation sites (N-methyl/N-ethyl adjacent to an activating group) is 1. The molecule has 0 radical (unpaired) electrons. The van der Waals surface area contributed by atoms with Gasteiger partial charge in [-0.2, -0.15) is 0 Å². The number of carbonyl (C=O) groups excluding carboxylic acids is 1. The Hall–Kier alpha value is -2.25. The van der Waals surface area contributed by atoms with Gasteiger partial charge in [-0.3, -0.25) is 4.79 Å². The number of hydrogen-bond acceptors (Lipinski definition) is 5. The molecule has 0 aliphatic carbocycles. The zero-order valence-electron chi connectivity index (χ0n) is 17.8. The number of rotatable bonds is 5. The molecule has 3 aromatic rings. The zero-order valence-corrected chi connectivity index (χ0v) is 19.5. The average molecular weight is 459 g/mol. The summed E-state index contributed by atoms with van der Waals surface area (Å²) in [4.78, 5) is 18.3. The minimum absolute atomic E-state index is 0. The number of hydrogen-bond donors (Lipinski definition) is 1. The number of aliphatic hydroxyl groups is 1. The van der Waals surface area contributed by atoms with Gasteiger partial charge in [0, 0.05) is 23.4 Å². The van der Waals surface area contributed by atoms with Crippen LogP contribution < -0.4 is 9.64 Å². The van der Waals surface area contributed by atoms with Crippen molar-refractivity contribution in [2.24, 2.45) is 0 Å². The highest BCUT2D eigenvalue weighted by molar-refractivity contribution is 7.99. The van der Waals surface area contributed by atoms with E-state index in [1.807, 2.05) is 61.5 Å². The summed E-state index contributed by atoms with van der Waals surface area (Å²) in [6, 6.07) is 19.7. The lowest BCUT2D eigenvalue weighted by Crippen LogP contribution is -2.45. The average Bonchev–Trinajstić information content (AvgIpc) is 2.76. The molecule has 5 nitrogen and oxygen atoms in total. The summed E-state index contributed by atoms with van der Waals surface area (Å²) in [7, 11) is 5.59. The van der Waals surface area contributed by atoms with Crippen molar-refractivity contribution in [2.45, 2.75) is 16.2 Å². The van der Waals surface area contributed by atoms with Crippen molar-refractivity contribution >= 4 is 46.5 Å². The number of amides is 1. The third-order valence-electron chi connectivity index (χ3n) is 5.41. The predicted octanol–water partition coefficient (Wildman–Crippen LogP) is 4.37. The summed E-state index contributed by atoms with van der Waals surface area (Å²) >= 11 is 1.54. The van der Waals surface area contributed by atoms with Gasteiger partial charge in [-0.15, -0.1) is 24.2 Å². The molecule has 0 saturated heterocycles. The fraction of sp³-hybridized carbons (Fsp3) is 0.292. The SMILES string of the molecule is COc1ccc([C@H]2Sc3cccc4cccc(c34)N(CCN(C)C)C(=O)[C@@H]2O)cc1.Cl. The maximum Gasteiger partial charge on any atom is 0.257 e. The molecule has 0 unspecified atom stereocenters. The van der Waals surface area contributed by atoms with E-state index in [2.05, 4.69) is 18.2 Å². The van der Waals surface area contributed by atoms with Crippen LogP contribution in [0.3, 0.4) is 0 Å². The second-order valence-electron chi connectivity index (χ2n) is 7.68. The van der Waals surface area contributed by atoms with E-state index in [-0.39, 0.29) is 18.3 Å². The van der Waals surface area contributed by atoms with E-state index in [4.69, 9.17) is 4.74 Å². The monoisotopic (exact) mass is 458 g/mol. The first-order valence-electron chi connectivity index (χ1n) is 9.96. The summed E-state index contributed by atoms with van der Waals surface area (Å²) in [5.74, 6) is 0.475. The van der Waals surface area contributed by atoms with Crippen LogP contribution in [0.4, 0.5) is 5.69 Å². The van der Waals surface area contributed by atoms with E-state index in [1.165, 1.54) is 11.8 Å². The number of thioether (sulfide) groups is 1. The van der Waals surface area contributed by atoms with Crippen molar-refractivity contribution in [1.29, 1.82) is 0 Å². The van der Waals surface area contributed by atoms with E-state index in [0.717, 1.165) is 32.7 Å². The van der Waals surface area contributed by atoms with Crippen molar-refractivity contribution in [3.8, 4) is 5.75 Å². The number of carbonyl (C=O) groups is 1. The standard InChI is InChI=1S/C24H26N2O3S.ClH/c1-25(2)14-15-26-19-8-4-6-16-7-5-9-20(21(16)19)30-23(22(27)24(26)28)17-10-12-18(29-3)13-11-17;/h4-13,22-23,27H,14-15H2,1-3H3;1H/t22-,23-;/m1./s1. The van der Waals surface area contributed by atoms with Gasteiger partial charge in [0.15, 0.2) is 0 Å². The second kappa shape index (κ2) is 9.92. The molecular formula is C24H27ClN2O3S. The Morgan fingerprint density at radius 2 is 1.74 bits per heavy atom. The molecule has 0 spiro atoms. The minimum atomic E-state index is -1.16. The Labute approximate surface area is 193 Å². The predicted molar refractivity (Wildman–Crippen MR) is 130 cm³/mol. The molecule has 2 atom stereocenters. The number of nitrogens with zero attached hydrogens (tertiary/aromatic N) is 2. The van der Waals surface area contributed by atoms with Crippen LogP contribution in [0.1, 0.15) is 10.8 Å². The topological polar surface area (TPSA) is 53.0 Å². The maximum atomic E-state index is 13.5. The van der Waals surface area contributed by atoms with E-state index < -0.39 is 11.4 Å². The molecule has 164 valence electrons. The molecule has 1 heterocycles. The Morgan fingerprint density at radius 3 is 2.39 bits per heavy atom. The van der Waals surface area contributed by atoms with Crippen LogP contribution >= 0.6 is 24.2 Å². The second-order valence-corrected chi connectivity index (χ2v) is 8.86. The van der Waals surface area contributed by atoms with Crippen LogP contribution in [0.2, 0.25) is 0 Å². The number of halogens is 1. The Bertz CT molecular complexity index is 1050. The molecule has 0 aromatic heterocycles. The van der Waals surface area contributed by atoms with Gasteiger partial charge in [0.05, 0.1) is 18.0 Å². The lowest BCUT2D eigenvalue weighted by atomic mass is 10.0. The molecule has 1 aliphatic heterocycles. The molecule has 4 rings (SSSR count). The Kier molecular flexibility index (Phi) is 7.49. The Balaban J connectivity index is 0.00000272. The molecule has 0 bridgehead atoms. The van der Waals surface area contributed by atoms with E-state index in [0.29, 0.717) is 13.1 Å². The molecule has 3 aromatic carbocycles. The highest BCUT2D eigenvalue weighted by Crippen LogP contribution is 2.46. The molecule has 0 fully saturated rings. The number of ether oxygens (including phenoxy) is 1. The highest BCUT2D eigenvalue weighted by Gasteiger charge is 2.36. The zero-order chi connectivity index (χ0) is 21.3. The maximum absolute atomic E-state index is 13.5. The highest BCUT2D eigenvalue weighted by atomic mass is 35.5. The van der Waals surface area contributed by atoms with Gasteiger partial charge >= 0.3 is 0 Å². The fourth-order valence-electron chi connectivity index (χ4n) is 3.79.